The Morgan fingerprint density at radius 3 is 2.76 bits per heavy atom. The zero-order valence-electron chi connectivity index (χ0n) is 12.2. The zero-order valence-corrected chi connectivity index (χ0v) is 12.2. The van der Waals surface area contributed by atoms with Crippen LogP contribution in [0.5, 0.6) is 0 Å². The lowest BCUT2D eigenvalue weighted by molar-refractivity contribution is 0.103. The summed E-state index contributed by atoms with van der Waals surface area (Å²) in [7, 11) is 2.23. The van der Waals surface area contributed by atoms with Crippen molar-refractivity contribution in [3.05, 3.63) is 0 Å². The fourth-order valence-electron chi connectivity index (χ4n) is 2.44. The molecule has 0 bridgehead atoms. The fourth-order valence-corrected chi connectivity index (χ4v) is 2.44. The van der Waals surface area contributed by atoms with Crippen LogP contribution in [0.25, 0.3) is 0 Å². The minimum absolute atomic E-state index is 0.680. The molecule has 17 heavy (non-hydrogen) atoms. The van der Waals surface area contributed by atoms with E-state index in [0.717, 1.165) is 12.6 Å². The highest BCUT2D eigenvalue weighted by atomic mass is 15.3. The van der Waals surface area contributed by atoms with Crippen LogP contribution in [0.2, 0.25) is 0 Å². The Morgan fingerprint density at radius 2 is 2.12 bits per heavy atom. The maximum atomic E-state index is 3.56. The van der Waals surface area contributed by atoms with E-state index in [9.17, 15) is 0 Å². The van der Waals surface area contributed by atoms with Crippen molar-refractivity contribution >= 4 is 0 Å². The third-order valence-electron chi connectivity index (χ3n) is 3.90. The van der Waals surface area contributed by atoms with Gasteiger partial charge in [-0.3, -0.25) is 0 Å². The van der Waals surface area contributed by atoms with Crippen molar-refractivity contribution in [3.8, 4) is 0 Å². The minimum atomic E-state index is 0.680. The summed E-state index contributed by atoms with van der Waals surface area (Å²) in [5, 5.41) is 3.56. The maximum absolute atomic E-state index is 3.56. The summed E-state index contributed by atoms with van der Waals surface area (Å²) in [5.41, 5.74) is 0. The molecule has 1 aliphatic rings. The molecule has 0 aromatic heterocycles. The first-order valence-electron chi connectivity index (χ1n) is 7.29. The summed E-state index contributed by atoms with van der Waals surface area (Å²) in [4.78, 5) is 5.08. The van der Waals surface area contributed by atoms with Crippen molar-refractivity contribution < 1.29 is 0 Å². The van der Waals surface area contributed by atoms with Gasteiger partial charge in [-0.05, 0) is 53.2 Å². The Labute approximate surface area is 108 Å². The van der Waals surface area contributed by atoms with Crippen LogP contribution in [0.1, 0.15) is 40.0 Å². The van der Waals surface area contributed by atoms with E-state index in [1.54, 1.807) is 0 Å². The van der Waals surface area contributed by atoms with Gasteiger partial charge >= 0.3 is 0 Å². The predicted molar refractivity (Wildman–Crippen MR) is 75.5 cm³/mol. The molecule has 2 atom stereocenters. The average molecular weight is 241 g/mol. The molecule has 0 amide bonds. The van der Waals surface area contributed by atoms with E-state index in [4.69, 9.17) is 0 Å². The van der Waals surface area contributed by atoms with Gasteiger partial charge in [0.25, 0.3) is 0 Å². The quantitative estimate of drug-likeness (QED) is 0.733. The lowest BCUT2D eigenvalue weighted by Crippen LogP contribution is -2.50. The molecule has 1 fully saturated rings. The molecule has 1 aliphatic heterocycles. The van der Waals surface area contributed by atoms with Gasteiger partial charge < -0.3 is 15.1 Å². The maximum Gasteiger partial charge on any atom is 0.0192 e. The Morgan fingerprint density at radius 1 is 1.35 bits per heavy atom. The molecule has 1 saturated heterocycles. The number of piperazine rings is 1. The largest absolute Gasteiger partial charge is 0.314 e. The fraction of sp³-hybridized carbons (Fsp3) is 1.00. The molecule has 102 valence electrons. The Hall–Kier alpha value is -0.120. The topological polar surface area (TPSA) is 18.5 Å². The highest BCUT2D eigenvalue weighted by Gasteiger charge is 2.19. The van der Waals surface area contributed by atoms with Gasteiger partial charge in [-0.1, -0.05) is 6.92 Å². The molecule has 1 heterocycles. The smallest absolute Gasteiger partial charge is 0.0192 e. The third-order valence-corrected chi connectivity index (χ3v) is 3.90. The SMILES string of the molecule is CCCNC(C)CCCN1CCN(C)C(C)C1. The Balaban J connectivity index is 2.06. The van der Waals surface area contributed by atoms with Crippen LogP contribution in [-0.4, -0.2) is 61.7 Å². The van der Waals surface area contributed by atoms with Crippen LogP contribution in [0.4, 0.5) is 0 Å². The Kier molecular flexibility index (Phi) is 7.09. The number of hydrogen-bond donors (Lipinski definition) is 1. The molecule has 3 heteroatoms. The second-order valence-electron chi connectivity index (χ2n) is 5.63. The molecule has 0 spiro atoms. The molecular formula is C14H31N3. The van der Waals surface area contributed by atoms with Crippen molar-refractivity contribution in [3.63, 3.8) is 0 Å². The van der Waals surface area contributed by atoms with Crippen LogP contribution in [0.15, 0.2) is 0 Å². The standard InChI is InChI=1S/C14H31N3/c1-5-8-15-13(2)7-6-9-17-11-10-16(4)14(3)12-17/h13-15H,5-12H2,1-4H3. The van der Waals surface area contributed by atoms with Gasteiger partial charge in [0.15, 0.2) is 0 Å². The van der Waals surface area contributed by atoms with Crippen molar-refractivity contribution in [2.24, 2.45) is 0 Å². The first-order chi connectivity index (χ1) is 8.13. The summed E-state index contributed by atoms with van der Waals surface area (Å²) >= 11 is 0. The number of hydrogen-bond acceptors (Lipinski definition) is 3. The molecule has 2 unspecified atom stereocenters. The van der Waals surface area contributed by atoms with Gasteiger partial charge in [-0.15, -0.1) is 0 Å². The molecule has 0 aromatic rings. The second kappa shape index (κ2) is 8.06. The van der Waals surface area contributed by atoms with Crippen LogP contribution in [0.3, 0.4) is 0 Å². The zero-order chi connectivity index (χ0) is 12.7. The van der Waals surface area contributed by atoms with Crippen molar-refractivity contribution in [2.45, 2.75) is 52.1 Å². The lowest BCUT2D eigenvalue weighted by atomic mass is 10.1. The molecule has 0 aliphatic carbocycles. The van der Waals surface area contributed by atoms with E-state index < -0.39 is 0 Å². The molecule has 3 nitrogen and oxygen atoms in total. The van der Waals surface area contributed by atoms with Crippen molar-refractivity contribution in [1.82, 2.24) is 15.1 Å². The van der Waals surface area contributed by atoms with Gasteiger partial charge in [0.2, 0.25) is 0 Å². The van der Waals surface area contributed by atoms with E-state index in [1.807, 2.05) is 0 Å². The van der Waals surface area contributed by atoms with E-state index in [0.29, 0.717) is 6.04 Å². The van der Waals surface area contributed by atoms with E-state index in [2.05, 4.69) is 42.9 Å². The van der Waals surface area contributed by atoms with Crippen LogP contribution < -0.4 is 5.32 Å². The van der Waals surface area contributed by atoms with Crippen LogP contribution >= 0.6 is 0 Å². The lowest BCUT2D eigenvalue weighted by Gasteiger charge is -2.37. The first-order valence-corrected chi connectivity index (χ1v) is 7.29. The van der Waals surface area contributed by atoms with Gasteiger partial charge in [0, 0.05) is 31.7 Å². The molecule has 1 rings (SSSR count). The van der Waals surface area contributed by atoms with Crippen molar-refractivity contribution in [1.29, 1.82) is 0 Å². The monoisotopic (exact) mass is 241 g/mol. The Bertz CT molecular complexity index is 196. The van der Waals surface area contributed by atoms with Gasteiger partial charge in [0.05, 0.1) is 0 Å². The molecule has 0 saturated carbocycles. The van der Waals surface area contributed by atoms with Gasteiger partial charge in [-0.25, -0.2) is 0 Å². The molecular weight excluding hydrogens is 210 g/mol. The number of nitrogens with one attached hydrogen (secondary N) is 1. The number of likely N-dealkylation sites (N-methyl/N-ethyl adjacent to an activating group) is 1. The number of nitrogens with zero attached hydrogens (tertiary/aromatic N) is 2. The minimum Gasteiger partial charge on any atom is -0.314 e. The second-order valence-corrected chi connectivity index (χ2v) is 5.63. The third kappa shape index (κ3) is 5.84. The number of rotatable bonds is 7. The normalized spacial score (nSPS) is 25.1. The van der Waals surface area contributed by atoms with Gasteiger partial charge in [0.1, 0.15) is 0 Å². The average Bonchev–Trinajstić information content (AvgIpc) is 2.31. The molecule has 0 radical (unpaired) electrons. The summed E-state index contributed by atoms with van der Waals surface area (Å²) < 4.78 is 0. The van der Waals surface area contributed by atoms with E-state index in [1.165, 1.54) is 45.4 Å². The highest BCUT2D eigenvalue weighted by molar-refractivity contribution is 4.76. The summed E-state index contributed by atoms with van der Waals surface area (Å²) in [6.45, 7) is 13.0. The summed E-state index contributed by atoms with van der Waals surface area (Å²) in [6.07, 6.45) is 3.87. The van der Waals surface area contributed by atoms with E-state index in [-0.39, 0.29) is 0 Å². The van der Waals surface area contributed by atoms with Crippen molar-refractivity contribution in [2.75, 3.05) is 39.8 Å². The van der Waals surface area contributed by atoms with Crippen LogP contribution in [0, 0.1) is 0 Å². The summed E-state index contributed by atoms with van der Waals surface area (Å²) in [5.74, 6) is 0. The molecule has 1 N–H and O–H groups in total. The van der Waals surface area contributed by atoms with E-state index >= 15 is 0 Å². The van der Waals surface area contributed by atoms with Crippen LogP contribution in [-0.2, 0) is 0 Å². The highest BCUT2D eigenvalue weighted by Crippen LogP contribution is 2.08. The summed E-state index contributed by atoms with van der Waals surface area (Å²) in [6, 6.07) is 1.40. The molecule has 0 aromatic carbocycles. The van der Waals surface area contributed by atoms with Gasteiger partial charge in [-0.2, -0.15) is 0 Å². The first kappa shape index (κ1) is 14.9. The predicted octanol–water partition coefficient (Wildman–Crippen LogP) is 1.79.